The van der Waals surface area contributed by atoms with Crippen LogP contribution in [0.15, 0.2) is 54.6 Å². The molecule has 0 saturated carbocycles. The minimum Gasteiger partial charge on any atom is -0.497 e. The Hall–Kier alpha value is -3.55. The maximum absolute atomic E-state index is 12.8. The molecule has 0 aliphatic heterocycles. The Labute approximate surface area is 182 Å². The molecule has 0 bridgehead atoms. The minimum absolute atomic E-state index is 0.0838. The van der Waals surface area contributed by atoms with Gasteiger partial charge in [-0.05, 0) is 29.2 Å². The highest BCUT2D eigenvalue weighted by Crippen LogP contribution is 2.13. The van der Waals surface area contributed by atoms with Crippen LogP contribution in [0.5, 0.6) is 5.75 Å². The van der Waals surface area contributed by atoms with Gasteiger partial charge in [0.2, 0.25) is 11.8 Å². The third kappa shape index (κ3) is 7.65. The lowest BCUT2D eigenvalue weighted by atomic mass is 10.0. The molecule has 0 aliphatic rings. The Morgan fingerprint density at radius 3 is 2.13 bits per heavy atom. The molecule has 3 amide bonds. The maximum atomic E-state index is 12.8. The molecule has 0 unspecified atom stereocenters. The number of nitrogens with two attached hydrogens (primary N) is 1. The quantitative estimate of drug-likeness (QED) is 0.537. The number of carbonyl (C=O) groups excluding carboxylic acids is 3. The van der Waals surface area contributed by atoms with Crippen LogP contribution in [0, 0.1) is 5.92 Å². The van der Waals surface area contributed by atoms with E-state index in [4.69, 9.17) is 15.2 Å². The first kappa shape index (κ1) is 23.7. The third-order valence-corrected chi connectivity index (χ3v) is 4.69. The Morgan fingerprint density at radius 2 is 1.58 bits per heavy atom. The molecular weight excluding hydrogens is 398 g/mol. The summed E-state index contributed by atoms with van der Waals surface area (Å²) >= 11 is 0. The summed E-state index contributed by atoms with van der Waals surface area (Å²) in [5.41, 5.74) is 7.12. The lowest BCUT2D eigenvalue weighted by Crippen LogP contribution is -2.55. The van der Waals surface area contributed by atoms with Gasteiger partial charge in [-0.25, -0.2) is 4.79 Å². The number of alkyl carbamates (subject to hydrolysis) is 1. The molecule has 2 aromatic carbocycles. The second-order valence-corrected chi connectivity index (χ2v) is 7.44. The molecule has 8 heteroatoms. The van der Waals surface area contributed by atoms with Crippen molar-refractivity contribution in [1.82, 2.24) is 10.6 Å². The van der Waals surface area contributed by atoms with Gasteiger partial charge in [-0.3, -0.25) is 9.59 Å². The highest BCUT2D eigenvalue weighted by molar-refractivity contribution is 5.91. The fourth-order valence-electron chi connectivity index (χ4n) is 2.91. The van der Waals surface area contributed by atoms with Gasteiger partial charge in [0.1, 0.15) is 24.4 Å². The van der Waals surface area contributed by atoms with Gasteiger partial charge in [0, 0.05) is 6.42 Å². The van der Waals surface area contributed by atoms with Crippen LogP contribution in [0.1, 0.15) is 25.0 Å². The lowest BCUT2D eigenvalue weighted by Gasteiger charge is -2.24. The van der Waals surface area contributed by atoms with E-state index in [0.29, 0.717) is 5.75 Å². The molecule has 2 rings (SSSR count). The summed E-state index contributed by atoms with van der Waals surface area (Å²) in [4.78, 5) is 36.9. The van der Waals surface area contributed by atoms with Gasteiger partial charge in [-0.15, -0.1) is 0 Å². The molecule has 0 aromatic heterocycles. The number of nitrogens with one attached hydrogen (secondary N) is 2. The van der Waals surface area contributed by atoms with Crippen LogP contribution in [0.2, 0.25) is 0 Å². The Bertz CT molecular complexity index is 869. The molecule has 2 aromatic rings. The Kier molecular flexibility index (Phi) is 8.87. The topological polar surface area (TPSA) is 120 Å². The average molecular weight is 428 g/mol. The molecule has 166 valence electrons. The van der Waals surface area contributed by atoms with Crippen LogP contribution in [-0.2, 0) is 27.4 Å². The van der Waals surface area contributed by atoms with Crippen LogP contribution in [-0.4, -0.2) is 37.1 Å². The summed E-state index contributed by atoms with van der Waals surface area (Å²) in [7, 11) is 1.56. The largest absolute Gasteiger partial charge is 0.497 e. The number of amides is 3. The number of hydrogen-bond acceptors (Lipinski definition) is 5. The van der Waals surface area contributed by atoms with Crippen molar-refractivity contribution in [2.45, 2.75) is 39.0 Å². The molecule has 0 aliphatic carbocycles. The standard InChI is InChI=1S/C23H29N3O5/c1-15(2)20(26-23(29)31-14-17-7-5-4-6-8-17)22(28)25-19(21(24)27)13-16-9-11-18(30-3)12-10-16/h4-12,15,19-20H,13-14H2,1-3H3,(H2,24,27)(H,25,28)(H,26,29)/t19-,20+/m1/s1. The number of methoxy groups -OCH3 is 1. The molecule has 0 spiro atoms. The van der Waals surface area contributed by atoms with Crippen LogP contribution in [0.25, 0.3) is 0 Å². The van der Waals surface area contributed by atoms with E-state index in [1.807, 2.05) is 30.3 Å². The summed E-state index contributed by atoms with van der Waals surface area (Å²) in [5.74, 6) is -0.734. The van der Waals surface area contributed by atoms with Crippen molar-refractivity contribution in [1.29, 1.82) is 0 Å². The summed E-state index contributed by atoms with van der Waals surface area (Å²) < 4.78 is 10.3. The number of rotatable bonds is 10. The summed E-state index contributed by atoms with van der Waals surface area (Å²) in [5, 5.41) is 5.21. The first-order chi connectivity index (χ1) is 14.8. The zero-order valence-electron chi connectivity index (χ0n) is 18.0. The second kappa shape index (κ2) is 11.6. The molecule has 2 atom stereocenters. The van der Waals surface area contributed by atoms with Crippen molar-refractivity contribution in [3.63, 3.8) is 0 Å². The molecule has 8 nitrogen and oxygen atoms in total. The van der Waals surface area contributed by atoms with Gasteiger partial charge < -0.3 is 25.8 Å². The molecule has 4 N–H and O–H groups in total. The fourth-order valence-corrected chi connectivity index (χ4v) is 2.91. The molecule has 31 heavy (non-hydrogen) atoms. The van der Waals surface area contributed by atoms with Crippen LogP contribution in [0.3, 0.4) is 0 Å². The SMILES string of the molecule is COc1ccc(C[C@@H](NC(=O)[C@@H](NC(=O)OCc2ccccc2)C(C)C)C(N)=O)cc1. The van der Waals surface area contributed by atoms with Gasteiger partial charge in [0.15, 0.2) is 0 Å². The monoisotopic (exact) mass is 427 g/mol. The van der Waals surface area contributed by atoms with Crippen LogP contribution in [0.4, 0.5) is 4.79 Å². The summed E-state index contributed by atoms with van der Waals surface area (Å²) in [6.07, 6.45) is -0.502. The minimum atomic E-state index is -0.927. The summed E-state index contributed by atoms with van der Waals surface area (Å²) in [6.45, 7) is 3.65. The Balaban J connectivity index is 1.97. The van der Waals surface area contributed by atoms with Crippen molar-refractivity contribution in [2.24, 2.45) is 11.7 Å². The van der Waals surface area contributed by atoms with E-state index in [2.05, 4.69) is 10.6 Å². The maximum Gasteiger partial charge on any atom is 0.408 e. The first-order valence-corrected chi connectivity index (χ1v) is 10.00. The number of carbonyl (C=O) groups is 3. The summed E-state index contributed by atoms with van der Waals surface area (Å²) in [6, 6.07) is 14.5. The van der Waals surface area contributed by atoms with Gasteiger partial charge in [0.25, 0.3) is 0 Å². The number of ether oxygens (including phenoxy) is 2. The third-order valence-electron chi connectivity index (χ3n) is 4.69. The zero-order chi connectivity index (χ0) is 22.8. The van der Waals surface area contributed by atoms with Gasteiger partial charge >= 0.3 is 6.09 Å². The number of benzene rings is 2. The average Bonchev–Trinajstić information content (AvgIpc) is 2.76. The van der Waals surface area contributed by atoms with Crippen molar-refractivity contribution in [3.05, 3.63) is 65.7 Å². The molecule has 0 radical (unpaired) electrons. The number of primary amides is 1. The first-order valence-electron chi connectivity index (χ1n) is 10.00. The molecular formula is C23H29N3O5. The molecule has 0 fully saturated rings. The molecule has 0 heterocycles. The van der Waals surface area contributed by atoms with E-state index in [1.54, 1.807) is 45.2 Å². The normalized spacial score (nSPS) is 12.5. The Morgan fingerprint density at radius 1 is 0.935 bits per heavy atom. The predicted molar refractivity (Wildman–Crippen MR) is 116 cm³/mol. The fraction of sp³-hybridized carbons (Fsp3) is 0.348. The van der Waals surface area contributed by atoms with E-state index >= 15 is 0 Å². The zero-order valence-corrected chi connectivity index (χ0v) is 18.0. The second-order valence-electron chi connectivity index (χ2n) is 7.44. The van der Waals surface area contributed by atoms with E-state index in [0.717, 1.165) is 11.1 Å². The van der Waals surface area contributed by atoms with E-state index in [9.17, 15) is 14.4 Å². The highest BCUT2D eigenvalue weighted by Gasteiger charge is 2.28. The van der Waals surface area contributed by atoms with Crippen molar-refractivity contribution >= 4 is 17.9 Å². The van der Waals surface area contributed by atoms with E-state index in [-0.39, 0.29) is 18.9 Å². The van der Waals surface area contributed by atoms with Crippen LogP contribution >= 0.6 is 0 Å². The predicted octanol–water partition coefficient (Wildman–Crippen LogP) is 2.16. The van der Waals surface area contributed by atoms with Gasteiger partial charge in [-0.1, -0.05) is 56.3 Å². The number of hydrogen-bond donors (Lipinski definition) is 3. The van der Waals surface area contributed by atoms with E-state index < -0.39 is 30.0 Å². The van der Waals surface area contributed by atoms with Crippen LogP contribution < -0.4 is 21.1 Å². The van der Waals surface area contributed by atoms with Crippen molar-refractivity contribution in [2.75, 3.05) is 7.11 Å². The van der Waals surface area contributed by atoms with E-state index in [1.165, 1.54) is 0 Å². The van der Waals surface area contributed by atoms with Gasteiger partial charge in [0.05, 0.1) is 7.11 Å². The molecule has 0 saturated heterocycles. The van der Waals surface area contributed by atoms with Crippen molar-refractivity contribution in [3.8, 4) is 5.75 Å². The smallest absolute Gasteiger partial charge is 0.408 e. The highest BCUT2D eigenvalue weighted by atomic mass is 16.5. The lowest BCUT2D eigenvalue weighted by molar-refractivity contribution is -0.129. The van der Waals surface area contributed by atoms with Gasteiger partial charge in [-0.2, -0.15) is 0 Å². The van der Waals surface area contributed by atoms with Crippen molar-refractivity contribution < 1.29 is 23.9 Å².